The van der Waals surface area contributed by atoms with Gasteiger partial charge in [0.15, 0.2) is 0 Å². The Morgan fingerprint density at radius 2 is 2.20 bits per heavy atom. The molecule has 1 heterocycles. The summed E-state index contributed by atoms with van der Waals surface area (Å²) in [7, 11) is 1.98. The highest BCUT2D eigenvalue weighted by molar-refractivity contribution is 4.91. The third kappa shape index (κ3) is 4.00. The summed E-state index contributed by atoms with van der Waals surface area (Å²) in [4.78, 5) is 0. The maximum absolute atomic E-state index is 4.08. The monoisotopic (exact) mass is 210 g/mol. The largest absolute Gasteiger partial charge is 0.319 e. The van der Waals surface area contributed by atoms with Crippen LogP contribution in [0.2, 0.25) is 0 Å². The molecule has 0 aliphatic heterocycles. The van der Waals surface area contributed by atoms with Gasteiger partial charge in [-0.1, -0.05) is 26.2 Å². The van der Waals surface area contributed by atoms with Gasteiger partial charge < -0.3 is 9.88 Å². The topological polar surface area (TPSA) is 42.7 Å². The van der Waals surface area contributed by atoms with Gasteiger partial charge in [0.25, 0.3) is 0 Å². The molecule has 1 unspecified atom stereocenters. The van der Waals surface area contributed by atoms with Crippen LogP contribution in [0.3, 0.4) is 0 Å². The van der Waals surface area contributed by atoms with Gasteiger partial charge in [-0.3, -0.25) is 0 Å². The van der Waals surface area contributed by atoms with Crippen molar-refractivity contribution in [1.82, 2.24) is 20.1 Å². The highest BCUT2D eigenvalue weighted by Crippen LogP contribution is 2.07. The molecular weight excluding hydrogens is 188 g/mol. The zero-order valence-corrected chi connectivity index (χ0v) is 10.0. The first-order valence-electron chi connectivity index (χ1n) is 5.83. The van der Waals surface area contributed by atoms with Crippen LogP contribution in [0.1, 0.15) is 51.4 Å². The van der Waals surface area contributed by atoms with Crippen LogP contribution in [0.5, 0.6) is 0 Å². The van der Waals surface area contributed by atoms with Crippen molar-refractivity contribution >= 4 is 0 Å². The lowest BCUT2D eigenvalue weighted by Crippen LogP contribution is -2.22. The molecule has 4 nitrogen and oxygen atoms in total. The van der Waals surface area contributed by atoms with E-state index in [1.165, 1.54) is 25.7 Å². The Kier molecular flexibility index (Phi) is 5.32. The smallest absolute Gasteiger partial charge is 0.149 e. The minimum atomic E-state index is 0.291. The van der Waals surface area contributed by atoms with Gasteiger partial charge in [0.1, 0.15) is 12.2 Å². The van der Waals surface area contributed by atoms with Crippen molar-refractivity contribution in [3.63, 3.8) is 0 Å². The van der Waals surface area contributed by atoms with Crippen molar-refractivity contribution in [3.05, 3.63) is 12.2 Å². The maximum atomic E-state index is 4.08. The third-order valence-electron chi connectivity index (χ3n) is 2.61. The molecule has 0 spiro atoms. The fraction of sp³-hybridized carbons (Fsp3) is 0.818. The van der Waals surface area contributed by atoms with Crippen LogP contribution in [0.25, 0.3) is 0 Å². The van der Waals surface area contributed by atoms with Crippen molar-refractivity contribution in [3.8, 4) is 0 Å². The fourth-order valence-electron chi connectivity index (χ4n) is 1.65. The highest BCUT2D eigenvalue weighted by Gasteiger charge is 2.09. The van der Waals surface area contributed by atoms with Crippen molar-refractivity contribution in [2.45, 2.75) is 45.6 Å². The molecule has 1 atom stereocenters. The molecule has 15 heavy (non-hydrogen) atoms. The number of aromatic nitrogens is 3. The van der Waals surface area contributed by atoms with E-state index in [0.29, 0.717) is 6.04 Å². The lowest BCUT2D eigenvalue weighted by molar-refractivity contribution is 0.506. The predicted octanol–water partition coefficient (Wildman–Crippen LogP) is 2.05. The normalized spacial score (nSPS) is 13.0. The Balaban J connectivity index is 2.19. The van der Waals surface area contributed by atoms with Gasteiger partial charge >= 0.3 is 0 Å². The number of hydrogen-bond donors (Lipinski definition) is 1. The van der Waals surface area contributed by atoms with E-state index in [-0.39, 0.29) is 0 Å². The van der Waals surface area contributed by atoms with Gasteiger partial charge in [-0.2, -0.15) is 0 Å². The Hall–Kier alpha value is -0.900. The Labute approximate surface area is 92.1 Å². The van der Waals surface area contributed by atoms with Crippen molar-refractivity contribution in [2.75, 3.05) is 6.54 Å². The lowest BCUT2D eigenvalue weighted by Gasteiger charge is -2.12. The second-order valence-corrected chi connectivity index (χ2v) is 4.04. The molecule has 0 bridgehead atoms. The van der Waals surface area contributed by atoms with E-state index in [0.717, 1.165) is 12.4 Å². The molecule has 1 rings (SSSR count). The molecule has 0 amide bonds. The summed E-state index contributed by atoms with van der Waals surface area (Å²) in [5.74, 6) is 1.01. The van der Waals surface area contributed by atoms with E-state index in [9.17, 15) is 0 Å². The maximum Gasteiger partial charge on any atom is 0.149 e. The second kappa shape index (κ2) is 6.56. The minimum Gasteiger partial charge on any atom is -0.319 e. The number of nitrogens with one attached hydrogen (secondary N) is 1. The van der Waals surface area contributed by atoms with E-state index in [1.807, 2.05) is 11.6 Å². The summed E-state index contributed by atoms with van der Waals surface area (Å²) in [6.45, 7) is 5.42. The first kappa shape index (κ1) is 12.2. The van der Waals surface area contributed by atoms with Gasteiger partial charge in [0, 0.05) is 7.05 Å². The van der Waals surface area contributed by atoms with E-state index in [2.05, 4.69) is 29.4 Å². The summed E-state index contributed by atoms with van der Waals surface area (Å²) < 4.78 is 1.96. The van der Waals surface area contributed by atoms with Gasteiger partial charge in [-0.15, -0.1) is 10.2 Å². The fourth-order valence-corrected chi connectivity index (χ4v) is 1.65. The van der Waals surface area contributed by atoms with E-state index >= 15 is 0 Å². The van der Waals surface area contributed by atoms with Crippen LogP contribution >= 0.6 is 0 Å². The average Bonchev–Trinajstić information content (AvgIpc) is 2.64. The minimum absolute atomic E-state index is 0.291. The molecule has 1 N–H and O–H groups in total. The Bertz CT molecular complexity index is 269. The van der Waals surface area contributed by atoms with E-state index < -0.39 is 0 Å². The molecule has 0 saturated heterocycles. The first-order chi connectivity index (χ1) is 7.25. The molecule has 0 radical (unpaired) electrons. The molecule has 0 aromatic carbocycles. The van der Waals surface area contributed by atoms with Gasteiger partial charge in [-0.05, 0) is 19.9 Å². The molecule has 1 aromatic rings. The van der Waals surface area contributed by atoms with Crippen LogP contribution in [-0.4, -0.2) is 21.3 Å². The lowest BCUT2D eigenvalue weighted by atomic mass is 10.2. The first-order valence-corrected chi connectivity index (χ1v) is 5.83. The van der Waals surface area contributed by atoms with Crippen LogP contribution in [0.4, 0.5) is 0 Å². The molecule has 4 heteroatoms. The van der Waals surface area contributed by atoms with E-state index in [1.54, 1.807) is 6.33 Å². The van der Waals surface area contributed by atoms with E-state index in [4.69, 9.17) is 0 Å². The summed E-state index contributed by atoms with van der Waals surface area (Å²) >= 11 is 0. The number of aryl methyl sites for hydroxylation is 1. The Morgan fingerprint density at radius 3 is 2.80 bits per heavy atom. The van der Waals surface area contributed by atoms with Crippen LogP contribution < -0.4 is 5.32 Å². The quantitative estimate of drug-likeness (QED) is 0.700. The molecule has 0 saturated carbocycles. The summed E-state index contributed by atoms with van der Waals surface area (Å²) in [5.41, 5.74) is 0. The third-order valence-corrected chi connectivity index (χ3v) is 2.61. The van der Waals surface area contributed by atoms with Gasteiger partial charge in [0.2, 0.25) is 0 Å². The Morgan fingerprint density at radius 1 is 1.40 bits per heavy atom. The van der Waals surface area contributed by atoms with Crippen molar-refractivity contribution in [1.29, 1.82) is 0 Å². The van der Waals surface area contributed by atoms with Crippen LogP contribution in [-0.2, 0) is 7.05 Å². The SMILES string of the molecule is CCCCCCNC(C)c1nncn1C. The number of nitrogens with zero attached hydrogens (tertiary/aromatic N) is 3. The standard InChI is InChI=1S/C11H22N4/c1-4-5-6-7-8-12-10(2)11-14-13-9-15(11)3/h9-10,12H,4-8H2,1-3H3. The highest BCUT2D eigenvalue weighted by atomic mass is 15.3. The van der Waals surface area contributed by atoms with Gasteiger partial charge in [0.05, 0.1) is 6.04 Å². The summed E-state index contributed by atoms with van der Waals surface area (Å²) in [6, 6.07) is 0.291. The zero-order chi connectivity index (χ0) is 11.1. The molecule has 1 aromatic heterocycles. The number of rotatable bonds is 7. The van der Waals surface area contributed by atoms with Gasteiger partial charge in [-0.25, -0.2) is 0 Å². The number of unbranched alkanes of at least 4 members (excludes halogenated alkanes) is 3. The molecular formula is C11H22N4. The number of hydrogen-bond acceptors (Lipinski definition) is 3. The van der Waals surface area contributed by atoms with Crippen molar-refractivity contribution < 1.29 is 0 Å². The molecule has 0 aliphatic rings. The average molecular weight is 210 g/mol. The van der Waals surface area contributed by atoms with Crippen molar-refractivity contribution in [2.24, 2.45) is 7.05 Å². The second-order valence-electron chi connectivity index (χ2n) is 4.04. The molecule has 0 fully saturated rings. The molecule has 0 aliphatic carbocycles. The zero-order valence-electron chi connectivity index (χ0n) is 10.0. The summed E-state index contributed by atoms with van der Waals surface area (Å²) in [6.07, 6.45) is 6.93. The predicted molar refractivity (Wildman–Crippen MR) is 61.6 cm³/mol. The van der Waals surface area contributed by atoms with Crippen LogP contribution in [0.15, 0.2) is 6.33 Å². The summed E-state index contributed by atoms with van der Waals surface area (Å²) in [5, 5.41) is 11.4. The van der Waals surface area contributed by atoms with Crippen LogP contribution in [0, 0.1) is 0 Å². The molecule has 86 valence electrons.